The van der Waals surface area contributed by atoms with Gasteiger partial charge in [-0.25, -0.2) is 12.7 Å². The van der Waals surface area contributed by atoms with Crippen molar-refractivity contribution >= 4 is 15.7 Å². The summed E-state index contributed by atoms with van der Waals surface area (Å²) in [4.78, 5) is 0. The van der Waals surface area contributed by atoms with Crippen molar-refractivity contribution in [3.05, 3.63) is 29.3 Å². The van der Waals surface area contributed by atoms with Crippen molar-refractivity contribution in [2.24, 2.45) is 0 Å². The number of hydrogen-bond acceptors (Lipinski definition) is 3. The van der Waals surface area contributed by atoms with E-state index < -0.39 is 10.0 Å². The third-order valence-electron chi connectivity index (χ3n) is 3.14. The van der Waals surface area contributed by atoms with Gasteiger partial charge >= 0.3 is 0 Å². The quantitative estimate of drug-likeness (QED) is 0.868. The molecule has 1 aromatic rings. The van der Waals surface area contributed by atoms with Crippen molar-refractivity contribution in [2.75, 3.05) is 18.8 Å². The minimum Gasteiger partial charge on any atom is -0.399 e. The molecule has 0 spiro atoms. The lowest BCUT2D eigenvalue weighted by Crippen LogP contribution is -2.29. The van der Waals surface area contributed by atoms with Gasteiger partial charge in [0.2, 0.25) is 10.0 Å². The van der Waals surface area contributed by atoms with Gasteiger partial charge in [-0.15, -0.1) is 0 Å². The Morgan fingerprint density at radius 1 is 1.21 bits per heavy atom. The van der Waals surface area contributed by atoms with Crippen LogP contribution in [0, 0.1) is 6.92 Å². The zero-order valence-corrected chi connectivity index (χ0v) is 12.8. The van der Waals surface area contributed by atoms with Gasteiger partial charge in [-0.2, -0.15) is 0 Å². The normalized spacial score (nSPS) is 15.9. The molecule has 1 aliphatic heterocycles. The van der Waals surface area contributed by atoms with Crippen LogP contribution in [0.3, 0.4) is 0 Å². The van der Waals surface area contributed by atoms with E-state index in [9.17, 15) is 8.42 Å². The zero-order valence-electron chi connectivity index (χ0n) is 12.0. The lowest BCUT2D eigenvalue weighted by molar-refractivity contribution is 0.476. The van der Waals surface area contributed by atoms with Crippen LogP contribution in [0.2, 0.25) is 0 Å². The van der Waals surface area contributed by atoms with Crippen molar-refractivity contribution in [1.29, 1.82) is 0 Å². The fourth-order valence-corrected chi connectivity index (χ4v) is 3.69. The van der Waals surface area contributed by atoms with E-state index in [2.05, 4.69) is 0 Å². The molecule has 0 saturated carbocycles. The second-order valence-electron chi connectivity index (χ2n) is 4.55. The van der Waals surface area contributed by atoms with Crippen LogP contribution in [0.15, 0.2) is 18.2 Å². The molecule has 0 radical (unpaired) electrons. The topological polar surface area (TPSA) is 63.4 Å². The molecule has 1 fully saturated rings. The van der Waals surface area contributed by atoms with Gasteiger partial charge in [-0.3, -0.25) is 0 Å². The van der Waals surface area contributed by atoms with Crippen LogP contribution in [-0.4, -0.2) is 25.8 Å². The van der Waals surface area contributed by atoms with Crippen molar-refractivity contribution in [3.63, 3.8) is 0 Å². The molecule has 2 N–H and O–H groups in total. The molecule has 0 bridgehead atoms. The third-order valence-corrected chi connectivity index (χ3v) is 4.99. The number of aryl methyl sites for hydroxylation is 1. The van der Waals surface area contributed by atoms with E-state index in [1.807, 2.05) is 26.8 Å². The second-order valence-corrected chi connectivity index (χ2v) is 6.52. The highest BCUT2D eigenvalue weighted by Gasteiger charge is 2.25. The summed E-state index contributed by atoms with van der Waals surface area (Å²) < 4.78 is 25.8. The van der Waals surface area contributed by atoms with Crippen LogP contribution >= 0.6 is 0 Å². The van der Waals surface area contributed by atoms with Gasteiger partial charge in [0, 0.05) is 18.8 Å². The Balaban J connectivity index is 0.000000861. The molecule has 1 aliphatic rings. The number of nitrogens with two attached hydrogens (primary N) is 1. The molecule has 0 atom stereocenters. The molecule has 2 rings (SSSR count). The maximum Gasteiger partial charge on any atom is 0.218 e. The number of anilines is 1. The van der Waals surface area contributed by atoms with E-state index >= 15 is 0 Å². The Hall–Kier alpha value is -1.07. The van der Waals surface area contributed by atoms with E-state index in [1.165, 1.54) is 0 Å². The first-order valence-electron chi connectivity index (χ1n) is 6.82. The van der Waals surface area contributed by atoms with Crippen LogP contribution in [0.25, 0.3) is 0 Å². The van der Waals surface area contributed by atoms with Crippen molar-refractivity contribution in [1.82, 2.24) is 4.31 Å². The molecule has 19 heavy (non-hydrogen) atoms. The predicted molar refractivity (Wildman–Crippen MR) is 80.4 cm³/mol. The van der Waals surface area contributed by atoms with E-state index in [4.69, 9.17) is 5.73 Å². The standard InChI is InChI=1S/C12H18N2O2S.C2H6/c1-10-8-11(4-5-12(10)13)9-17(15,16)14-6-2-3-7-14;1-2/h4-5,8H,2-3,6-7,9,13H2,1H3;1-2H3. The zero-order chi connectivity index (χ0) is 14.5. The molecular weight excluding hydrogens is 260 g/mol. The van der Waals surface area contributed by atoms with Crippen LogP contribution in [0.1, 0.15) is 37.8 Å². The number of hydrogen-bond donors (Lipinski definition) is 1. The number of sulfonamides is 1. The van der Waals surface area contributed by atoms with E-state index in [0.717, 1.165) is 24.0 Å². The molecule has 4 nitrogen and oxygen atoms in total. The van der Waals surface area contributed by atoms with Crippen LogP contribution in [0.5, 0.6) is 0 Å². The van der Waals surface area contributed by atoms with E-state index in [1.54, 1.807) is 16.4 Å². The van der Waals surface area contributed by atoms with Gasteiger partial charge in [0.05, 0.1) is 5.75 Å². The van der Waals surface area contributed by atoms with Crippen LogP contribution in [0.4, 0.5) is 5.69 Å². The van der Waals surface area contributed by atoms with Crippen molar-refractivity contribution in [2.45, 2.75) is 39.4 Å². The smallest absolute Gasteiger partial charge is 0.218 e. The number of nitrogen functional groups attached to an aromatic ring is 1. The number of benzene rings is 1. The molecule has 0 amide bonds. The monoisotopic (exact) mass is 284 g/mol. The lowest BCUT2D eigenvalue weighted by Gasteiger charge is -2.15. The van der Waals surface area contributed by atoms with Crippen LogP contribution < -0.4 is 5.73 Å². The Bertz CT molecular complexity index is 506. The van der Waals surface area contributed by atoms with Gasteiger partial charge < -0.3 is 5.73 Å². The molecule has 108 valence electrons. The fourth-order valence-electron chi connectivity index (χ4n) is 2.10. The Morgan fingerprint density at radius 2 is 1.79 bits per heavy atom. The van der Waals surface area contributed by atoms with E-state index in [0.29, 0.717) is 18.8 Å². The average Bonchev–Trinajstić information content (AvgIpc) is 2.91. The molecule has 5 heteroatoms. The van der Waals surface area contributed by atoms with Gasteiger partial charge in [-0.1, -0.05) is 26.0 Å². The summed E-state index contributed by atoms with van der Waals surface area (Å²) in [6, 6.07) is 5.41. The van der Waals surface area contributed by atoms with Gasteiger partial charge in [-0.05, 0) is 37.0 Å². The molecule has 1 saturated heterocycles. The second kappa shape index (κ2) is 6.91. The number of rotatable bonds is 3. The summed E-state index contributed by atoms with van der Waals surface area (Å²) in [6.07, 6.45) is 1.94. The lowest BCUT2D eigenvalue weighted by atomic mass is 10.1. The summed E-state index contributed by atoms with van der Waals surface area (Å²) in [7, 11) is -3.15. The Kier molecular flexibility index (Phi) is 5.82. The average molecular weight is 284 g/mol. The maximum atomic E-state index is 12.1. The van der Waals surface area contributed by atoms with Crippen molar-refractivity contribution < 1.29 is 8.42 Å². The first-order valence-corrected chi connectivity index (χ1v) is 8.43. The Labute approximate surface area is 116 Å². The summed E-state index contributed by atoms with van der Waals surface area (Å²) >= 11 is 0. The maximum absolute atomic E-state index is 12.1. The summed E-state index contributed by atoms with van der Waals surface area (Å²) in [5.41, 5.74) is 8.15. The predicted octanol–water partition coefficient (Wildman–Crippen LogP) is 2.53. The number of nitrogens with zero attached hydrogens (tertiary/aromatic N) is 1. The first kappa shape index (κ1) is 16.0. The summed E-state index contributed by atoms with van der Waals surface area (Å²) in [5.74, 6) is 0.0775. The fraction of sp³-hybridized carbons (Fsp3) is 0.571. The van der Waals surface area contributed by atoms with E-state index in [-0.39, 0.29) is 5.75 Å². The highest BCUT2D eigenvalue weighted by atomic mass is 32.2. The van der Waals surface area contributed by atoms with Crippen molar-refractivity contribution in [3.8, 4) is 0 Å². The molecular formula is C14H24N2O2S. The minimum absolute atomic E-state index is 0.0775. The Morgan fingerprint density at radius 3 is 2.32 bits per heavy atom. The first-order chi connectivity index (χ1) is 8.99. The highest BCUT2D eigenvalue weighted by molar-refractivity contribution is 7.88. The van der Waals surface area contributed by atoms with Gasteiger partial charge in [0.15, 0.2) is 0 Å². The third kappa shape index (κ3) is 4.21. The largest absolute Gasteiger partial charge is 0.399 e. The van der Waals surface area contributed by atoms with Crippen LogP contribution in [-0.2, 0) is 15.8 Å². The molecule has 0 aromatic heterocycles. The summed E-state index contributed by atoms with van der Waals surface area (Å²) in [6.45, 7) is 7.22. The van der Waals surface area contributed by atoms with Gasteiger partial charge in [0.25, 0.3) is 0 Å². The molecule has 1 aromatic carbocycles. The molecule has 0 aliphatic carbocycles. The molecule has 0 unspecified atom stereocenters. The SMILES string of the molecule is CC.Cc1cc(CS(=O)(=O)N2CCCC2)ccc1N. The van der Waals surface area contributed by atoms with Gasteiger partial charge in [0.1, 0.15) is 0 Å². The molecule has 1 heterocycles. The summed E-state index contributed by atoms with van der Waals surface area (Å²) in [5, 5.41) is 0. The highest BCUT2D eigenvalue weighted by Crippen LogP contribution is 2.19. The minimum atomic E-state index is -3.15.